The van der Waals surface area contributed by atoms with Gasteiger partial charge in [0.2, 0.25) is 5.91 Å². The zero-order valence-corrected chi connectivity index (χ0v) is 44.7. The molecule has 0 aliphatic carbocycles. The van der Waals surface area contributed by atoms with Crippen LogP contribution in [0.25, 0.3) is 0 Å². The Kier molecular flexibility index (Phi) is 56.2. The highest BCUT2D eigenvalue weighted by Crippen LogP contribution is 2.17. The maximum atomic E-state index is 12.5. The number of nitrogens with one attached hydrogen (secondary N) is 1. The highest BCUT2D eigenvalue weighted by atomic mass is 16.3. The van der Waals surface area contributed by atoms with Crippen molar-refractivity contribution in [3.05, 3.63) is 48.6 Å². The third-order valence-corrected chi connectivity index (χ3v) is 13.8. The molecule has 0 saturated heterocycles. The minimum absolute atomic E-state index is 0.0688. The summed E-state index contributed by atoms with van der Waals surface area (Å²) in [5.74, 6) is -0.0688. The molecule has 388 valence electrons. The van der Waals surface area contributed by atoms with Crippen molar-refractivity contribution in [1.29, 1.82) is 0 Å². The number of aliphatic hydroxyl groups excluding tert-OH is 2. The third-order valence-electron chi connectivity index (χ3n) is 13.8. The second-order valence-electron chi connectivity index (χ2n) is 20.4. The van der Waals surface area contributed by atoms with Gasteiger partial charge in [-0.1, -0.05) is 300 Å². The number of rotatable bonds is 55. The Morgan fingerprint density at radius 2 is 0.636 bits per heavy atom. The number of unbranched alkanes of at least 4 members (excludes halogenated alkanes) is 42. The first-order chi connectivity index (χ1) is 32.7. The summed E-state index contributed by atoms with van der Waals surface area (Å²) >= 11 is 0. The Labute approximate surface area is 414 Å². The average molecular weight is 925 g/mol. The van der Waals surface area contributed by atoms with Crippen LogP contribution in [-0.2, 0) is 4.79 Å². The van der Waals surface area contributed by atoms with Crippen molar-refractivity contribution in [2.24, 2.45) is 0 Å². The molecule has 0 heterocycles. The van der Waals surface area contributed by atoms with Crippen LogP contribution in [0.5, 0.6) is 0 Å². The van der Waals surface area contributed by atoms with Crippen molar-refractivity contribution in [1.82, 2.24) is 5.32 Å². The second-order valence-corrected chi connectivity index (χ2v) is 20.4. The van der Waals surface area contributed by atoms with E-state index in [2.05, 4.69) is 55.6 Å². The van der Waals surface area contributed by atoms with E-state index in [1.54, 1.807) is 6.08 Å². The molecule has 0 aromatic carbocycles. The van der Waals surface area contributed by atoms with E-state index >= 15 is 0 Å². The molecule has 4 heteroatoms. The molecule has 0 aromatic heterocycles. The van der Waals surface area contributed by atoms with E-state index in [1.165, 1.54) is 263 Å². The molecule has 0 aliphatic rings. The number of hydrogen-bond acceptors (Lipinski definition) is 3. The quantitative estimate of drug-likeness (QED) is 0.0420. The molecule has 2 atom stereocenters. The van der Waals surface area contributed by atoms with Gasteiger partial charge in [-0.25, -0.2) is 0 Å². The predicted octanol–water partition coefficient (Wildman–Crippen LogP) is 19.8. The molecule has 0 bridgehead atoms. The summed E-state index contributed by atoms with van der Waals surface area (Å²) in [5.41, 5.74) is 0. The van der Waals surface area contributed by atoms with Crippen LogP contribution >= 0.6 is 0 Å². The average Bonchev–Trinajstić information content (AvgIpc) is 3.32. The molecule has 0 radical (unpaired) electrons. The summed E-state index contributed by atoms with van der Waals surface area (Å²) in [6.07, 6.45) is 80.1. The van der Waals surface area contributed by atoms with E-state index in [9.17, 15) is 15.0 Å². The lowest BCUT2D eigenvalue weighted by Crippen LogP contribution is -2.45. The van der Waals surface area contributed by atoms with E-state index in [1.807, 2.05) is 6.08 Å². The van der Waals surface area contributed by atoms with E-state index in [0.717, 1.165) is 38.5 Å². The number of amides is 1. The van der Waals surface area contributed by atoms with E-state index in [4.69, 9.17) is 0 Å². The molecular formula is C62H117NO3. The minimum Gasteiger partial charge on any atom is -0.394 e. The third kappa shape index (κ3) is 53.3. The van der Waals surface area contributed by atoms with Crippen LogP contribution in [0.4, 0.5) is 0 Å². The maximum absolute atomic E-state index is 12.5. The van der Waals surface area contributed by atoms with E-state index in [0.29, 0.717) is 6.42 Å². The molecule has 0 aliphatic heterocycles. The van der Waals surface area contributed by atoms with Crippen molar-refractivity contribution in [3.63, 3.8) is 0 Å². The Morgan fingerprint density at radius 1 is 0.364 bits per heavy atom. The zero-order valence-electron chi connectivity index (χ0n) is 44.7. The molecule has 0 spiro atoms. The fourth-order valence-corrected chi connectivity index (χ4v) is 9.23. The molecule has 0 aromatic rings. The van der Waals surface area contributed by atoms with Crippen LogP contribution in [0.1, 0.15) is 322 Å². The fourth-order valence-electron chi connectivity index (χ4n) is 9.23. The first-order valence-corrected chi connectivity index (χ1v) is 29.9. The van der Waals surface area contributed by atoms with Crippen molar-refractivity contribution >= 4 is 5.91 Å². The Balaban J connectivity index is 3.49. The molecule has 66 heavy (non-hydrogen) atoms. The summed E-state index contributed by atoms with van der Waals surface area (Å²) < 4.78 is 0. The van der Waals surface area contributed by atoms with Gasteiger partial charge in [0.25, 0.3) is 0 Å². The van der Waals surface area contributed by atoms with Crippen LogP contribution in [0.15, 0.2) is 48.6 Å². The monoisotopic (exact) mass is 924 g/mol. The Hall–Kier alpha value is -1.65. The summed E-state index contributed by atoms with van der Waals surface area (Å²) in [6, 6.07) is -0.639. The SMILES string of the molecule is CCCCCCC/C=C\C/C=C\CCCCCCCCCCCCCCCCCCCCCC(=O)NC(CO)C(O)/C=C/CC/C=C/CCCCCCCCCCCCCCCCCCC. The van der Waals surface area contributed by atoms with Gasteiger partial charge in [-0.05, 0) is 64.2 Å². The van der Waals surface area contributed by atoms with Crippen molar-refractivity contribution in [3.8, 4) is 0 Å². The molecule has 4 nitrogen and oxygen atoms in total. The summed E-state index contributed by atoms with van der Waals surface area (Å²) in [6.45, 7) is 4.32. The molecule has 1 amide bonds. The van der Waals surface area contributed by atoms with Crippen LogP contribution in [0, 0.1) is 0 Å². The molecular weight excluding hydrogens is 807 g/mol. The van der Waals surface area contributed by atoms with Gasteiger partial charge in [0.1, 0.15) is 0 Å². The lowest BCUT2D eigenvalue weighted by molar-refractivity contribution is -0.123. The number of carbonyl (C=O) groups excluding carboxylic acids is 1. The predicted molar refractivity (Wildman–Crippen MR) is 295 cm³/mol. The number of hydrogen-bond donors (Lipinski definition) is 3. The summed E-state index contributed by atoms with van der Waals surface area (Å²) in [4.78, 5) is 12.5. The molecule has 3 N–H and O–H groups in total. The minimum atomic E-state index is -0.863. The topological polar surface area (TPSA) is 69.6 Å². The van der Waals surface area contributed by atoms with Crippen LogP contribution in [0.3, 0.4) is 0 Å². The number of aliphatic hydroxyl groups is 2. The maximum Gasteiger partial charge on any atom is 0.220 e. The smallest absolute Gasteiger partial charge is 0.220 e. The van der Waals surface area contributed by atoms with Gasteiger partial charge in [0.15, 0.2) is 0 Å². The molecule has 0 saturated carbocycles. The Morgan fingerprint density at radius 3 is 0.970 bits per heavy atom. The molecule has 0 fully saturated rings. The van der Waals surface area contributed by atoms with Gasteiger partial charge < -0.3 is 15.5 Å². The van der Waals surface area contributed by atoms with Gasteiger partial charge in [-0.2, -0.15) is 0 Å². The highest BCUT2D eigenvalue weighted by Gasteiger charge is 2.18. The first-order valence-electron chi connectivity index (χ1n) is 29.9. The van der Waals surface area contributed by atoms with Gasteiger partial charge in [-0.15, -0.1) is 0 Å². The van der Waals surface area contributed by atoms with Crippen molar-refractivity contribution < 1.29 is 15.0 Å². The standard InChI is InChI=1S/C62H117NO3/c1-3-5-7-9-11-13-15-17-19-21-23-25-27-28-29-30-31-32-33-34-36-38-40-42-44-46-48-50-52-54-56-58-62(66)63-60(59-64)61(65)57-55-53-51-49-47-45-43-41-39-37-35-26-24-22-20-18-16-14-12-10-8-6-4-2/h15,17,21,23,47,49,55,57,60-61,64-65H,3-14,16,18-20,22,24-46,48,50-54,56,58-59H2,1-2H3,(H,63,66)/b17-15-,23-21-,49-47+,57-55+. The van der Waals surface area contributed by atoms with Gasteiger partial charge in [0.05, 0.1) is 18.8 Å². The van der Waals surface area contributed by atoms with Crippen molar-refractivity contribution in [2.45, 2.75) is 334 Å². The van der Waals surface area contributed by atoms with Gasteiger partial charge in [0, 0.05) is 6.42 Å². The highest BCUT2D eigenvalue weighted by molar-refractivity contribution is 5.76. The lowest BCUT2D eigenvalue weighted by atomic mass is 10.0. The van der Waals surface area contributed by atoms with E-state index < -0.39 is 12.1 Å². The summed E-state index contributed by atoms with van der Waals surface area (Å²) in [5, 5.41) is 23.2. The molecule has 2 unspecified atom stereocenters. The summed E-state index contributed by atoms with van der Waals surface area (Å²) in [7, 11) is 0. The van der Waals surface area contributed by atoms with Crippen molar-refractivity contribution in [2.75, 3.05) is 6.61 Å². The van der Waals surface area contributed by atoms with E-state index in [-0.39, 0.29) is 12.5 Å². The largest absolute Gasteiger partial charge is 0.394 e. The number of carbonyl (C=O) groups is 1. The van der Waals surface area contributed by atoms with Gasteiger partial charge >= 0.3 is 0 Å². The number of allylic oxidation sites excluding steroid dienone is 7. The fraction of sp³-hybridized carbons (Fsp3) is 0.855. The van der Waals surface area contributed by atoms with Crippen LogP contribution in [-0.4, -0.2) is 34.9 Å². The first kappa shape index (κ1) is 64.3. The van der Waals surface area contributed by atoms with Crippen LogP contribution in [0.2, 0.25) is 0 Å². The second kappa shape index (κ2) is 57.7. The van der Waals surface area contributed by atoms with Gasteiger partial charge in [-0.3, -0.25) is 4.79 Å². The zero-order chi connectivity index (χ0) is 47.7. The lowest BCUT2D eigenvalue weighted by Gasteiger charge is -2.19. The molecule has 0 rings (SSSR count). The van der Waals surface area contributed by atoms with Crippen LogP contribution < -0.4 is 5.32 Å². The normalized spacial score (nSPS) is 13.1. The Bertz CT molecular complexity index is 1050.